The molecule has 0 aliphatic rings. The number of nitrogens with one attached hydrogen (secondary N) is 1. The summed E-state index contributed by atoms with van der Waals surface area (Å²) in [5.41, 5.74) is 0.895. The lowest BCUT2D eigenvalue weighted by atomic mass is 10.3. The van der Waals surface area contributed by atoms with E-state index in [1.54, 1.807) is 12.1 Å². The van der Waals surface area contributed by atoms with Gasteiger partial charge in [0.2, 0.25) is 0 Å². The standard InChI is InChI=1S/C13H11F2N3O2S/c1-21-13-16-6-8(7-19)11(18-13)17-9-2-4-10(5-3-9)20-12(14)15/h2-7,12H,1H3,(H,16,17,18). The number of carbonyl (C=O) groups is 1. The molecular formula is C13H11F2N3O2S. The third-order valence-corrected chi connectivity index (χ3v) is 3.01. The Morgan fingerprint density at radius 2 is 2.05 bits per heavy atom. The molecule has 0 fully saturated rings. The number of rotatable bonds is 6. The lowest BCUT2D eigenvalue weighted by Gasteiger charge is -2.09. The van der Waals surface area contributed by atoms with E-state index in [-0.39, 0.29) is 5.75 Å². The number of aromatic nitrogens is 2. The molecule has 0 spiro atoms. The normalized spacial score (nSPS) is 10.5. The van der Waals surface area contributed by atoms with Crippen molar-refractivity contribution in [2.24, 2.45) is 0 Å². The highest BCUT2D eigenvalue weighted by Crippen LogP contribution is 2.22. The Kier molecular flexibility index (Phi) is 5.04. The van der Waals surface area contributed by atoms with Crippen LogP contribution in [0.4, 0.5) is 20.3 Å². The number of aldehydes is 1. The van der Waals surface area contributed by atoms with Crippen LogP contribution in [0.25, 0.3) is 0 Å². The van der Waals surface area contributed by atoms with Crippen LogP contribution in [-0.2, 0) is 0 Å². The van der Waals surface area contributed by atoms with Gasteiger partial charge < -0.3 is 10.1 Å². The first-order valence-corrected chi connectivity index (χ1v) is 7.03. The summed E-state index contributed by atoms with van der Waals surface area (Å²) in [5, 5.41) is 3.45. The van der Waals surface area contributed by atoms with E-state index in [1.165, 1.54) is 30.1 Å². The fourth-order valence-electron chi connectivity index (χ4n) is 1.52. The summed E-state index contributed by atoms with van der Waals surface area (Å²) in [5.74, 6) is 0.408. The van der Waals surface area contributed by atoms with E-state index in [0.717, 1.165) is 0 Å². The Bertz CT molecular complexity index is 623. The molecule has 1 aromatic heterocycles. The van der Waals surface area contributed by atoms with Gasteiger partial charge in [-0.15, -0.1) is 0 Å². The van der Waals surface area contributed by atoms with Crippen molar-refractivity contribution >= 4 is 29.6 Å². The van der Waals surface area contributed by atoms with E-state index in [1.807, 2.05) is 6.26 Å². The van der Waals surface area contributed by atoms with Crippen molar-refractivity contribution in [3.63, 3.8) is 0 Å². The minimum atomic E-state index is -2.86. The monoisotopic (exact) mass is 311 g/mol. The fraction of sp³-hybridized carbons (Fsp3) is 0.154. The quantitative estimate of drug-likeness (QED) is 0.501. The molecular weight excluding hydrogens is 300 g/mol. The first kappa shape index (κ1) is 15.2. The van der Waals surface area contributed by atoms with E-state index >= 15 is 0 Å². The zero-order valence-electron chi connectivity index (χ0n) is 10.9. The number of carbonyl (C=O) groups excluding carboxylic acids is 1. The molecule has 0 unspecified atom stereocenters. The highest BCUT2D eigenvalue weighted by Gasteiger charge is 2.08. The zero-order valence-corrected chi connectivity index (χ0v) is 11.7. The van der Waals surface area contributed by atoms with Crippen molar-refractivity contribution in [2.75, 3.05) is 11.6 Å². The number of halogens is 2. The van der Waals surface area contributed by atoms with Crippen molar-refractivity contribution in [1.29, 1.82) is 0 Å². The van der Waals surface area contributed by atoms with Crippen LogP contribution in [0.2, 0.25) is 0 Å². The molecule has 0 aliphatic carbocycles. The topological polar surface area (TPSA) is 64.1 Å². The highest BCUT2D eigenvalue weighted by atomic mass is 32.2. The second-order valence-corrected chi connectivity index (χ2v) is 4.58. The Balaban J connectivity index is 2.19. The molecule has 110 valence electrons. The predicted octanol–water partition coefficient (Wildman–Crippen LogP) is 3.36. The van der Waals surface area contributed by atoms with Gasteiger partial charge in [-0.05, 0) is 30.5 Å². The summed E-state index contributed by atoms with van der Waals surface area (Å²) in [6.45, 7) is -2.86. The molecule has 21 heavy (non-hydrogen) atoms. The van der Waals surface area contributed by atoms with Crippen LogP contribution in [0.3, 0.4) is 0 Å². The Morgan fingerprint density at radius 3 is 2.62 bits per heavy atom. The van der Waals surface area contributed by atoms with Crippen molar-refractivity contribution in [3.05, 3.63) is 36.0 Å². The van der Waals surface area contributed by atoms with Crippen molar-refractivity contribution in [1.82, 2.24) is 9.97 Å². The molecule has 2 aromatic rings. The second kappa shape index (κ2) is 6.98. The van der Waals surface area contributed by atoms with E-state index in [4.69, 9.17) is 0 Å². The summed E-state index contributed by atoms with van der Waals surface area (Å²) in [4.78, 5) is 19.1. The molecule has 0 radical (unpaired) electrons. The fourth-order valence-corrected chi connectivity index (χ4v) is 1.86. The Morgan fingerprint density at radius 1 is 1.33 bits per heavy atom. The Labute approximate surface area is 123 Å². The van der Waals surface area contributed by atoms with Crippen LogP contribution in [0.15, 0.2) is 35.6 Å². The van der Waals surface area contributed by atoms with E-state index in [9.17, 15) is 13.6 Å². The van der Waals surface area contributed by atoms with E-state index in [0.29, 0.717) is 28.5 Å². The van der Waals surface area contributed by atoms with Gasteiger partial charge in [0.25, 0.3) is 0 Å². The number of alkyl halides is 2. The second-order valence-electron chi connectivity index (χ2n) is 3.81. The van der Waals surface area contributed by atoms with E-state index in [2.05, 4.69) is 20.0 Å². The van der Waals surface area contributed by atoms with Gasteiger partial charge in [0.1, 0.15) is 11.6 Å². The summed E-state index contributed by atoms with van der Waals surface area (Å²) < 4.78 is 28.4. The average Bonchev–Trinajstić information content (AvgIpc) is 2.48. The van der Waals surface area contributed by atoms with Crippen molar-refractivity contribution in [3.8, 4) is 5.75 Å². The van der Waals surface area contributed by atoms with Gasteiger partial charge in [-0.1, -0.05) is 11.8 Å². The van der Waals surface area contributed by atoms with Gasteiger partial charge in [0.05, 0.1) is 5.56 Å². The third kappa shape index (κ3) is 4.12. The van der Waals surface area contributed by atoms with Gasteiger partial charge in [-0.3, -0.25) is 4.79 Å². The summed E-state index contributed by atoms with van der Waals surface area (Å²) >= 11 is 1.34. The summed E-state index contributed by atoms with van der Waals surface area (Å²) in [6, 6.07) is 5.89. The van der Waals surface area contributed by atoms with Crippen LogP contribution in [-0.4, -0.2) is 29.1 Å². The lowest BCUT2D eigenvalue weighted by Crippen LogP contribution is -2.03. The average molecular weight is 311 g/mol. The number of hydrogen-bond acceptors (Lipinski definition) is 6. The minimum absolute atomic E-state index is 0.0543. The van der Waals surface area contributed by atoms with Gasteiger partial charge in [0.15, 0.2) is 11.4 Å². The zero-order chi connectivity index (χ0) is 15.2. The summed E-state index contributed by atoms with van der Waals surface area (Å²) in [7, 11) is 0. The number of nitrogens with zero attached hydrogens (tertiary/aromatic N) is 2. The molecule has 8 heteroatoms. The van der Waals surface area contributed by atoms with E-state index < -0.39 is 6.61 Å². The molecule has 2 rings (SSSR count). The molecule has 0 amide bonds. The van der Waals surface area contributed by atoms with Gasteiger partial charge >= 0.3 is 6.61 Å². The maximum absolute atomic E-state index is 12.1. The molecule has 1 aromatic carbocycles. The lowest BCUT2D eigenvalue weighted by molar-refractivity contribution is -0.0498. The van der Waals surface area contributed by atoms with Crippen molar-refractivity contribution in [2.45, 2.75) is 11.8 Å². The maximum Gasteiger partial charge on any atom is 0.387 e. The maximum atomic E-state index is 12.1. The van der Waals surface area contributed by atoms with Crippen LogP contribution < -0.4 is 10.1 Å². The molecule has 0 aliphatic heterocycles. The molecule has 0 bridgehead atoms. The molecule has 0 saturated heterocycles. The van der Waals surface area contributed by atoms with Crippen LogP contribution in [0.5, 0.6) is 5.75 Å². The van der Waals surface area contributed by atoms with Crippen LogP contribution in [0, 0.1) is 0 Å². The first-order valence-electron chi connectivity index (χ1n) is 5.80. The molecule has 1 heterocycles. The largest absolute Gasteiger partial charge is 0.435 e. The molecule has 1 N–H and O–H groups in total. The van der Waals surface area contributed by atoms with Crippen molar-refractivity contribution < 1.29 is 18.3 Å². The van der Waals surface area contributed by atoms with Gasteiger partial charge in [-0.2, -0.15) is 8.78 Å². The van der Waals surface area contributed by atoms with Gasteiger partial charge in [-0.25, -0.2) is 9.97 Å². The number of anilines is 2. The smallest absolute Gasteiger partial charge is 0.387 e. The number of benzene rings is 1. The Hall–Kier alpha value is -2.22. The number of thioether (sulfide) groups is 1. The first-order chi connectivity index (χ1) is 10.1. The molecule has 5 nitrogen and oxygen atoms in total. The number of ether oxygens (including phenoxy) is 1. The SMILES string of the molecule is CSc1ncc(C=O)c(Nc2ccc(OC(F)F)cc2)n1. The van der Waals surface area contributed by atoms with Gasteiger partial charge in [0, 0.05) is 11.9 Å². The highest BCUT2D eigenvalue weighted by molar-refractivity contribution is 7.98. The predicted molar refractivity (Wildman–Crippen MR) is 75.6 cm³/mol. The number of hydrogen-bond donors (Lipinski definition) is 1. The third-order valence-electron chi connectivity index (χ3n) is 2.45. The summed E-state index contributed by atoms with van der Waals surface area (Å²) in [6.07, 6.45) is 3.87. The minimum Gasteiger partial charge on any atom is -0.435 e. The van der Waals surface area contributed by atoms with Crippen LogP contribution >= 0.6 is 11.8 Å². The molecule has 0 saturated carbocycles. The molecule has 0 atom stereocenters. The van der Waals surface area contributed by atoms with Crippen LogP contribution in [0.1, 0.15) is 10.4 Å².